The summed E-state index contributed by atoms with van der Waals surface area (Å²) >= 11 is 18.5. The molecule has 3 aromatic carbocycles. The predicted octanol–water partition coefficient (Wildman–Crippen LogP) is 7.22. The van der Waals surface area contributed by atoms with Gasteiger partial charge in [-0.15, -0.1) is 0 Å². The number of aryl methyl sites for hydroxylation is 1. The number of carboxylic acid groups (broad SMARTS) is 1. The van der Waals surface area contributed by atoms with E-state index in [2.05, 4.69) is 5.32 Å². The van der Waals surface area contributed by atoms with E-state index in [1.165, 1.54) is 0 Å². The molecule has 0 saturated carbocycles. The lowest BCUT2D eigenvalue weighted by Gasteiger charge is -2.24. The zero-order chi connectivity index (χ0) is 28.2. The Kier molecular flexibility index (Phi) is 12.2. The second-order valence-electron chi connectivity index (χ2n) is 8.76. The average molecular weight is 594 g/mol. The van der Waals surface area contributed by atoms with Crippen molar-refractivity contribution in [3.05, 3.63) is 92.9 Å². The molecular formula is C29H31Cl3N2O5. The van der Waals surface area contributed by atoms with Crippen molar-refractivity contribution in [3.63, 3.8) is 0 Å². The van der Waals surface area contributed by atoms with Gasteiger partial charge in [-0.25, -0.2) is 9.59 Å². The van der Waals surface area contributed by atoms with Crippen molar-refractivity contribution in [1.82, 2.24) is 4.90 Å². The normalized spacial score (nSPS) is 11.6. The Labute approximate surface area is 243 Å². The molecule has 2 N–H and O–H groups in total. The summed E-state index contributed by atoms with van der Waals surface area (Å²) in [6.45, 7) is 3.15. The number of benzene rings is 3. The maximum Gasteiger partial charge on any atom is 0.333 e. The number of nitrogens with zero attached hydrogens (tertiary/aromatic N) is 1. The van der Waals surface area contributed by atoms with Crippen LogP contribution in [0.1, 0.15) is 24.5 Å². The van der Waals surface area contributed by atoms with Crippen LogP contribution in [0, 0.1) is 0 Å². The quantitative estimate of drug-likeness (QED) is 0.206. The van der Waals surface area contributed by atoms with Crippen LogP contribution >= 0.6 is 34.8 Å². The SMILES string of the molecule is CCOC(Cc1ccc(OCCN(CCCc2cc(Cl)cc(Cl)c2)C(=O)Nc2ccccc2Cl)cc1)C(=O)O. The first-order valence-electron chi connectivity index (χ1n) is 12.6. The average Bonchev–Trinajstić information content (AvgIpc) is 2.89. The minimum absolute atomic E-state index is 0.259. The number of urea groups is 1. The van der Waals surface area contributed by atoms with Gasteiger partial charge in [-0.2, -0.15) is 0 Å². The number of carbonyl (C=O) groups excluding carboxylic acids is 1. The van der Waals surface area contributed by atoms with Gasteiger partial charge in [0.1, 0.15) is 12.4 Å². The Morgan fingerprint density at radius 1 is 0.949 bits per heavy atom. The van der Waals surface area contributed by atoms with Gasteiger partial charge in [-0.1, -0.05) is 59.1 Å². The summed E-state index contributed by atoms with van der Waals surface area (Å²) in [7, 11) is 0. The number of nitrogens with one attached hydrogen (secondary N) is 1. The first kappa shape index (κ1) is 30.6. The van der Waals surface area contributed by atoms with Crippen LogP contribution in [-0.2, 0) is 22.4 Å². The fourth-order valence-corrected chi connectivity index (χ4v) is 4.68. The molecule has 3 rings (SSSR count). The van der Waals surface area contributed by atoms with Crippen molar-refractivity contribution in [2.24, 2.45) is 0 Å². The largest absolute Gasteiger partial charge is 0.492 e. The zero-order valence-electron chi connectivity index (χ0n) is 21.5. The van der Waals surface area contributed by atoms with Crippen molar-refractivity contribution in [1.29, 1.82) is 0 Å². The van der Waals surface area contributed by atoms with Crippen molar-refractivity contribution < 1.29 is 24.2 Å². The van der Waals surface area contributed by atoms with Gasteiger partial charge in [-0.3, -0.25) is 0 Å². The number of hydrogen-bond donors (Lipinski definition) is 2. The van der Waals surface area contributed by atoms with Gasteiger partial charge in [0, 0.05) is 29.6 Å². The molecule has 0 aromatic heterocycles. The summed E-state index contributed by atoms with van der Waals surface area (Å²) in [5.41, 5.74) is 2.34. The van der Waals surface area contributed by atoms with Crippen LogP contribution in [0.4, 0.5) is 10.5 Å². The molecule has 0 bridgehead atoms. The van der Waals surface area contributed by atoms with E-state index in [0.717, 1.165) is 11.1 Å². The highest BCUT2D eigenvalue weighted by molar-refractivity contribution is 6.34. The van der Waals surface area contributed by atoms with Crippen LogP contribution in [0.15, 0.2) is 66.7 Å². The fourth-order valence-electron chi connectivity index (χ4n) is 3.93. The number of ether oxygens (including phenoxy) is 2. The predicted molar refractivity (Wildman–Crippen MR) is 156 cm³/mol. The Morgan fingerprint density at radius 3 is 2.28 bits per heavy atom. The molecule has 0 radical (unpaired) electrons. The fraction of sp³-hybridized carbons (Fsp3) is 0.310. The van der Waals surface area contributed by atoms with Crippen molar-refractivity contribution in [2.75, 3.05) is 31.6 Å². The lowest BCUT2D eigenvalue weighted by atomic mass is 10.1. The number of anilines is 1. The molecule has 0 heterocycles. The number of carboxylic acids is 1. The number of hydrogen-bond acceptors (Lipinski definition) is 4. The summed E-state index contributed by atoms with van der Waals surface area (Å²) in [6.07, 6.45) is 0.746. The van der Waals surface area contributed by atoms with Gasteiger partial charge < -0.3 is 24.8 Å². The van der Waals surface area contributed by atoms with E-state index in [9.17, 15) is 14.7 Å². The molecule has 0 fully saturated rings. The summed E-state index contributed by atoms with van der Waals surface area (Å²) in [4.78, 5) is 26.1. The van der Waals surface area contributed by atoms with E-state index in [1.807, 2.05) is 24.3 Å². The smallest absolute Gasteiger partial charge is 0.333 e. The van der Waals surface area contributed by atoms with Crippen LogP contribution in [0.25, 0.3) is 0 Å². The van der Waals surface area contributed by atoms with Crippen LogP contribution in [0.3, 0.4) is 0 Å². The maximum absolute atomic E-state index is 13.1. The first-order chi connectivity index (χ1) is 18.7. The number of rotatable bonds is 14. The molecule has 0 spiro atoms. The monoisotopic (exact) mass is 592 g/mol. The molecule has 7 nitrogen and oxygen atoms in total. The van der Waals surface area contributed by atoms with Gasteiger partial charge in [-0.05, 0) is 73.4 Å². The van der Waals surface area contributed by atoms with Crippen molar-refractivity contribution >= 4 is 52.5 Å². The molecule has 2 amide bonds. The summed E-state index contributed by atoms with van der Waals surface area (Å²) in [6, 6.07) is 19.3. The third-order valence-electron chi connectivity index (χ3n) is 5.84. The Hall–Kier alpha value is -2.97. The van der Waals surface area contributed by atoms with Gasteiger partial charge in [0.2, 0.25) is 0 Å². The number of carbonyl (C=O) groups is 2. The highest BCUT2D eigenvalue weighted by Crippen LogP contribution is 2.22. The van der Waals surface area contributed by atoms with Crippen LogP contribution in [0.2, 0.25) is 15.1 Å². The number of amides is 2. The van der Waals surface area contributed by atoms with E-state index in [1.54, 1.807) is 54.3 Å². The van der Waals surface area contributed by atoms with Crippen LogP contribution < -0.4 is 10.1 Å². The van der Waals surface area contributed by atoms with E-state index >= 15 is 0 Å². The third kappa shape index (κ3) is 10.3. The van der Waals surface area contributed by atoms with Crippen molar-refractivity contribution in [3.8, 4) is 5.75 Å². The van der Waals surface area contributed by atoms with Gasteiger partial charge >= 0.3 is 12.0 Å². The summed E-state index contributed by atoms with van der Waals surface area (Å²) in [5, 5.41) is 13.7. The minimum atomic E-state index is -0.995. The molecule has 0 aliphatic rings. The second-order valence-corrected chi connectivity index (χ2v) is 10.0. The standard InChI is InChI=1S/C29H31Cl3N2O5/c1-2-38-27(28(35)36)18-20-9-11-24(12-10-20)39-15-14-34(29(37)33-26-8-4-3-7-25(26)32)13-5-6-21-16-22(30)19-23(31)17-21/h3-4,7-12,16-17,19,27H,2,5-6,13-15,18H2,1H3,(H,33,37)(H,35,36). The van der Waals surface area contributed by atoms with E-state index in [0.29, 0.717) is 59.0 Å². The van der Waals surface area contributed by atoms with E-state index in [-0.39, 0.29) is 19.1 Å². The third-order valence-corrected chi connectivity index (χ3v) is 6.60. The maximum atomic E-state index is 13.1. The number of para-hydroxylation sites is 1. The number of aliphatic carboxylic acids is 1. The van der Waals surface area contributed by atoms with Gasteiger partial charge in [0.15, 0.2) is 6.10 Å². The molecule has 10 heteroatoms. The molecular weight excluding hydrogens is 563 g/mol. The molecule has 0 aliphatic heterocycles. The number of halogens is 3. The summed E-state index contributed by atoms with van der Waals surface area (Å²) in [5.74, 6) is -0.382. The first-order valence-corrected chi connectivity index (χ1v) is 13.7. The van der Waals surface area contributed by atoms with Crippen LogP contribution in [-0.4, -0.2) is 54.4 Å². The molecule has 3 aromatic rings. The minimum Gasteiger partial charge on any atom is -0.492 e. The zero-order valence-corrected chi connectivity index (χ0v) is 23.8. The van der Waals surface area contributed by atoms with Gasteiger partial charge in [0.05, 0.1) is 17.3 Å². The Bertz CT molecular complexity index is 1220. The van der Waals surface area contributed by atoms with Gasteiger partial charge in [0.25, 0.3) is 0 Å². The topological polar surface area (TPSA) is 88.1 Å². The van der Waals surface area contributed by atoms with E-state index in [4.69, 9.17) is 44.3 Å². The molecule has 0 aliphatic carbocycles. The molecule has 1 unspecified atom stereocenters. The highest BCUT2D eigenvalue weighted by atomic mass is 35.5. The lowest BCUT2D eigenvalue weighted by Crippen LogP contribution is -2.38. The second kappa shape index (κ2) is 15.6. The highest BCUT2D eigenvalue weighted by Gasteiger charge is 2.18. The molecule has 208 valence electrons. The van der Waals surface area contributed by atoms with Crippen LogP contribution in [0.5, 0.6) is 5.75 Å². The summed E-state index contributed by atoms with van der Waals surface area (Å²) < 4.78 is 11.2. The Balaban J connectivity index is 1.59. The molecule has 0 saturated heterocycles. The lowest BCUT2D eigenvalue weighted by molar-refractivity contribution is -0.149. The molecule has 1 atom stereocenters. The molecule has 39 heavy (non-hydrogen) atoms. The Morgan fingerprint density at radius 2 is 1.64 bits per heavy atom. The van der Waals surface area contributed by atoms with E-state index < -0.39 is 12.1 Å². The van der Waals surface area contributed by atoms with Crippen molar-refractivity contribution in [2.45, 2.75) is 32.3 Å².